The zero-order valence-corrected chi connectivity index (χ0v) is 9.80. The van der Waals surface area contributed by atoms with E-state index < -0.39 is 0 Å². The lowest BCUT2D eigenvalue weighted by atomic mass is 10.1. The van der Waals surface area contributed by atoms with E-state index >= 15 is 0 Å². The number of hydrogen-bond acceptors (Lipinski definition) is 2. The maximum Gasteiger partial charge on any atom is 0.0451 e. The SMILES string of the molecule is C[C@H]1CN(Cc2ccccc2Cl)CCN1. The van der Waals surface area contributed by atoms with Crippen molar-refractivity contribution in [2.24, 2.45) is 0 Å². The summed E-state index contributed by atoms with van der Waals surface area (Å²) < 4.78 is 0. The summed E-state index contributed by atoms with van der Waals surface area (Å²) in [4.78, 5) is 2.45. The van der Waals surface area contributed by atoms with Crippen LogP contribution in [0.5, 0.6) is 0 Å². The molecule has 15 heavy (non-hydrogen) atoms. The average molecular weight is 225 g/mol. The van der Waals surface area contributed by atoms with Crippen LogP contribution in [0.3, 0.4) is 0 Å². The van der Waals surface area contributed by atoms with Gasteiger partial charge in [0.2, 0.25) is 0 Å². The van der Waals surface area contributed by atoms with Gasteiger partial charge in [-0.3, -0.25) is 4.90 Å². The minimum absolute atomic E-state index is 0.584. The molecule has 1 aliphatic heterocycles. The standard InChI is InChI=1S/C12H17ClN2/c1-10-8-15(7-6-14-10)9-11-4-2-3-5-12(11)13/h2-5,10,14H,6-9H2,1H3/t10-/m0/s1. The smallest absolute Gasteiger partial charge is 0.0451 e. The van der Waals surface area contributed by atoms with Gasteiger partial charge in [-0.1, -0.05) is 29.8 Å². The van der Waals surface area contributed by atoms with Crippen LogP contribution >= 0.6 is 11.6 Å². The molecule has 1 aromatic carbocycles. The minimum atomic E-state index is 0.584. The predicted molar refractivity (Wildman–Crippen MR) is 64.2 cm³/mol. The molecule has 0 radical (unpaired) electrons. The molecule has 2 nitrogen and oxygen atoms in total. The highest BCUT2D eigenvalue weighted by Crippen LogP contribution is 2.17. The van der Waals surface area contributed by atoms with E-state index in [0.29, 0.717) is 6.04 Å². The van der Waals surface area contributed by atoms with Crippen molar-refractivity contribution in [3.8, 4) is 0 Å². The van der Waals surface area contributed by atoms with Gasteiger partial charge in [0.15, 0.2) is 0 Å². The monoisotopic (exact) mass is 224 g/mol. The number of halogens is 1. The van der Waals surface area contributed by atoms with E-state index in [1.807, 2.05) is 18.2 Å². The molecular formula is C12H17ClN2. The van der Waals surface area contributed by atoms with Crippen molar-refractivity contribution in [3.63, 3.8) is 0 Å². The first-order chi connectivity index (χ1) is 7.25. The van der Waals surface area contributed by atoms with Gasteiger partial charge < -0.3 is 5.32 Å². The van der Waals surface area contributed by atoms with Gasteiger partial charge >= 0.3 is 0 Å². The summed E-state index contributed by atoms with van der Waals surface area (Å²) in [5, 5.41) is 4.32. The van der Waals surface area contributed by atoms with Crippen LogP contribution < -0.4 is 5.32 Å². The average Bonchev–Trinajstić information content (AvgIpc) is 2.22. The van der Waals surface area contributed by atoms with Crippen molar-refractivity contribution in [2.45, 2.75) is 19.5 Å². The Morgan fingerprint density at radius 2 is 2.27 bits per heavy atom. The molecule has 1 fully saturated rings. The Kier molecular flexibility index (Phi) is 3.62. The third-order valence-corrected chi connectivity index (χ3v) is 3.17. The maximum absolute atomic E-state index is 6.14. The normalized spacial score (nSPS) is 22.9. The molecule has 0 bridgehead atoms. The van der Waals surface area contributed by atoms with Gasteiger partial charge in [-0.15, -0.1) is 0 Å². The highest BCUT2D eigenvalue weighted by Gasteiger charge is 2.15. The number of benzene rings is 1. The van der Waals surface area contributed by atoms with Gasteiger partial charge in [0.25, 0.3) is 0 Å². The fourth-order valence-corrected chi connectivity index (χ4v) is 2.22. The summed E-state index contributed by atoms with van der Waals surface area (Å²) >= 11 is 6.14. The number of piperazine rings is 1. The Morgan fingerprint density at radius 1 is 1.47 bits per heavy atom. The molecule has 82 valence electrons. The second kappa shape index (κ2) is 4.97. The molecule has 1 atom stereocenters. The second-order valence-corrected chi connectivity index (χ2v) is 4.59. The largest absolute Gasteiger partial charge is 0.312 e. The summed E-state index contributed by atoms with van der Waals surface area (Å²) in [7, 11) is 0. The first-order valence-electron chi connectivity index (χ1n) is 5.45. The first kappa shape index (κ1) is 10.9. The van der Waals surface area contributed by atoms with E-state index in [4.69, 9.17) is 11.6 Å². The Balaban J connectivity index is 1.99. The zero-order chi connectivity index (χ0) is 10.7. The quantitative estimate of drug-likeness (QED) is 0.828. The van der Waals surface area contributed by atoms with Gasteiger partial charge in [0.1, 0.15) is 0 Å². The van der Waals surface area contributed by atoms with Crippen LogP contribution in [0.2, 0.25) is 5.02 Å². The molecule has 3 heteroatoms. The molecule has 0 saturated carbocycles. The lowest BCUT2D eigenvalue weighted by Crippen LogP contribution is -2.48. The molecule has 1 aromatic rings. The van der Waals surface area contributed by atoms with E-state index in [2.05, 4.69) is 23.2 Å². The molecule has 1 saturated heterocycles. The van der Waals surface area contributed by atoms with Crippen LogP contribution in [0.15, 0.2) is 24.3 Å². The van der Waals surface area contributed by atoms with Crippen molar-refractivity contribution >= 4 is 11.6 Å². The van der Waals surface area contributed by atoms with E-state index in [1.165, 1.54) is 5.56 Å². The number of hydrogen-bond donors (Lipinski definition) is 1. The topological polar surface area (TPSA) is 15.3 Å². The maximum atomic E-state index is 6.14. The fourth-order valence-electron chi connectivity index (χ4n) is 2.02. The highest BCUT2D eigenvalue weighted by atomic mass is 35.5. The van der Waals surface area contributed by atoms with Crippen LogP contribution in [-0.4, -0.2) is 30.6 Å². The zero-order valence-electron chi connectivity index (χ0n) is 9.04. The third kappa shape index (κ3) is 2.94. The molecule has 0 aromatic heterocycles. The lowest BCUT2D eigenvalue weighted by molar-refractivity contribution is 0.199. The van der Waals surface area contributed by atoms with E-state index in [9.17, 15) is 0 Å². The van der Waals surface area contributed by atoms with Gasteiger partial charge in [0.05, 0.1) is 0 Å². The van der Waals surface area contributed by atoms with Crippen molar-refractivity contribution in [3.05, 3.63) is 34.9 Å². The number of rotatable bonds is 2. The fraction of sp³-hybridized carbons (Fsp3) is 0.500. The molecule has 0 unspecified atom stereocenters. The Morgan fingerprint density at radius 3 is 3.00 bits per heavy atom. The lowest BCUT2D eigenvalue weighted by Gasteiger charge is -2.31. The first-order valence-corrected chi connectivity index (χ1v) is 5.82. The van der Waals surface area contributed by atoms with E-state index in [0.717, 1.165) is 31.2 Å². The van der Waals surface area contributed by atoms with Gasteiger partial charge in [0, 0.05) is 37.2 Å². The van der Waals surface area contributed by atoms with Crippen molar-refractivity contribution < 1.29 is 0 Å². The number of nitrogens with one attached hydrogen (secondary N) is 1. The van der Waals surface area contributed by atoms with Crippen molar-refractivity contribution in [1.82, 2.24) is 10.2 Å². The highest BCUT2D eigenvalue weighted by molar-refractivity contribution is 6.31. The Bertz CT molecular complexity index is 327. The predicted octanol–water partition coefficient (Wildman–Crippen LogP) is 2.13. The Hall–Kier alpha value is -0.570. The Labute approximate surface area is 96.2 Å². The van der Waals surface area contributed by atoms with Crippen molar-refractivity contribution in [2.75, 3.05) is 19.6 Å². The summed E-state index contributed by atoms with van der Waals surface area (Å²) in [5.74, 6) is 0. The van der Waals surface area contributed by atoms with Gasteiger partial charge in [-0.25, -0.2) is 0 Å². The minimum Gasteiger partial charge on any atom is -0.312 e. The van der Waals surface area contributed by atoms with Crippen LogP contribution in [-0.2, 0) is 6.54 Å². The molecule has 1 aliphatic rings. The molecule has 2 rings (SSSR count). The van der Waals surface area contributed by atoms with Crippen LogP contribution in [0, 0.1) is 0 Å². The molecule has 0 amide bonds. The van der Waals surface area contributed by atoms with Crippen LogP contribution in [0.25, 0.3) is 0 Å². The van der Waals surface area contributed by atoms with Gasteiger partial charge in [-0.2, -0.15) is 0 Å². The molecule has 0 spiro atoms. The third-order valence-electron chi connectivity index (χ3n) is 2.80. The van der Waals surface area contributed by atoms with E-state index in [1.54, 1.807) is 0 Å². The van der Waals surface area contributed by atoms with Crippen LogP contribution in [0.1, 0.15) is 12.5 Å². The summed E-state index contributed by atoms with van der Waals surface area (Å²) in [6, 6.07) is 8.68. The summed E-state index contributed by atoms with van der Waals surface area (Å²) in [5.41, 5.74) is 1.23. The molecular weight excluding hydrogens is 208 g/mol. The molecule has 0 aliphatic carbocycles. The molecule has 1 heterocycles. The summed E-state index contributed by atoms with van der Waals surface area (Å²) in [6.45, 7) is 6.47. The van der Waals surface area contributed by atoms with Crippen molar-refractivity contribution in [1.29, 1.82) is 0 Å². The second-order valence-electron chi connectivity index (χ2n) is 4.18. The molecule has 1 N–H and O–H groups in total. The number of nitrogens with zero attached hydrogens (tertiary/aromatic N) is 1. The van der Waals surface area contributed by atoms with E-state index in [-0.39, 0.29) is 0 Å². The van der Waals surface area contributed by atoms with Gasteiger partial charge in [-0.05, 0) is 18.6 Å². The summed E-state index contributed by atoms with van der Waals surface area (Å²) in [6.07, 6.45) is 0. The van der Waals surface area contributed by atoms with Crippen LogP contribution in [0.4, 0.5) is 0 Å².